The Morgan fingerprint density at radius 2 is 1.62 bits per heavy atom. The molecule has 4 rings (SSSR count). The molecule has 1 fully saturated rings. The van der Waals surface area contributed by atoms with Crippen LogP contribution in [-0.4, -0.2) is 55.3 Å². The molecule has 150 valence electrons. The van der Waals surface area contributed by atoms with Crippen molar-refractivity contribution in [2.45, 2.75) is 0 Å². The molecule has 9 nitrogen and oxygen atoms in total. The molecule has 0 radical (unpaired) electrons. The SMILES string of the molecule is COc1cc2ncnc(N3CCN(c4ccccc4[N+](=O)[O-])CC3)c2cc1OC. The van der Waals surface area contributed by atoms with Crippen LogP contribution in [0.15, 0.2) is 42.7 Å². The highest BCUT2D eigenvalue weighted by atomic mass is 16.6. The second-order valence-corrected chi connectivity index (χ2v) is 6.64. The van der Waals surface area contributed by atoms with Gasteiger partial charge in [-0.15, -0.1) is 0 Å². The average molecular weight is 395 g/mol. The van der Waals surface area contributed by atoms with Crippen LogP contribution in [0.1, 0.15) is 0 Å². The lowest BCUT2D eigenvalue weighted by atomic mass is 10.1. The zero-order valence-corrected chi connectivity index (χ0v) is 16.2. The summed E-state index contributed by atoms with van der Waals surface area (Å²) in [5.41, 5.74) is 1.55. The van der Waals surface area contributed by atoms with E-state index in [0.29, 0.717) is 43.4 Å². The summed E-state index contributed by atoms with van der Waals surface area (Å²) < 4.78 is 10.8. The van der Waals surface area contributed by atoms with Gasteiger partial charge in [0.15, 0.2) is 11.5 Å². The first-order valence-electron chi connectivity index (χ1n) is 9.22. The Bertz CT molecular complexity index is 1050. The fourth-order valence-electron chi connectivity index (χ4n) is 3.67. The van der Waals surface area contributed by atoms with E-state index < -0.39 is 0 Å². The van der Waals surface area contributed by atoms with Crippen LogP contribution in [0.25, 0.3) is 10.9 Å². The molecule has 2 heterocycles. The van der Waals surface area contributed by atoms with Crippen LogP contribution in [0.2, 0.25) is 0 Å². The maximum atomic E-state index is 11.3. The van der Waals surface area contributed by atoms with Crippen LogP contribution >= 0.6 is 0 Å². The van der Waals surface area contributed by atoms with Gasteiger partial charge in [0, 0.05) is 43.7 Å². The minimum atomic E-state index is -0.334. The molecule has 2 aromatic carbocycles. The predicted octanol–water partition coefficient (Wildman–Crippen LogP) is 2.88. The van der Waals surface area contributed by atoms with Crippen molar-refractivity contribution in [3.63, 3.8) is 0 Å². The number of anilines is 2. The molecule has 0 unspecified atom stereocenters. The number of ether oxygens (including phenoxy) is 2. The molecule has 1 saturated heterocycles. The number of piperazine rings is 1. The zero-order chi connectivity index (χ0) is 20.4. The molecule has 0 N–H and O–H groups in total. The number of hydrogen-bond donors (Lipinski definition) is 0. The fourth-order valence-corrected chi connectivity index (χ4v) is 3.67. The lowest BCUT2D eigenvalue weighted by molar-refractivity contribution is -0.384. The Morgan fingerprint density at radius 1 is 0.966 bits per heavy atom. The van der Waals surface area contributed by atoms with Gasteiger partial charge in [-0.3, -0.25) is 10.1 Å². The Labute approximate surface area is 167 Å². The van der Waals surface area contributed by atoms with Crippen molar-refractivity contribution in [3.8, 4) is 11.5 Å². The van der Waals surface area contributed by atoms with E-state index in [9.17, 15) is 10.1 Å². The van der Waals surface area contributed by atoms with E-state index >= 15 is 0 Å². The van der Waals surface area contributed by atoms with Crippen LogP contribution < -0.4 is 19.3 Å². The predicted molar refractivity (Wildman–Crippen MR) is 110 cm³/mol. The number of benzene rings is 2. The summed E-state index contributed by atoms with van der Waals surface area (Å²) in [6, 6.07) is 10.6. The lowest BCUT2D eigenvalue weighted by Crippen LogP contribution is -2.47. The van der Waals surface area contributed by atoms with Crippen molar-refractivity contribution in [1.29, 1.82) is 0 Å². The van der Waals surface area contributed by atoms with Gasteiger partial charge in [0.25, 0.3) is 5.69 Å². The molecule has 3 aromatic rings. The van der Waals surface area contributed by atoms with Gasteiger partial charge in [-0.05, 0) is 12.1 Å². The quantitative estimate of drug-likeness (QED) is 0.481. The average Bonchev–Trinajstić information content (AvgIpc) is 2.77. The fraction of sp³-hybridized carbons (Fsp3) is 0.300. The Kier molecular flexibility index (Phi) is 5.03. The maximum absolute atomic E-state index is 11.3. The number of methoxy groups -OCH3 is 2. The molecule has 9 heteroatoms. The summed E-state index contributed by atoms with van der Waals surface area (Å²) in [6.45, 7) is 2.69. The molecular weight excluding hydrogens is 374 g/mol. The molecule has 0 atom stereocenters. The largest absolute Gasteiger partial charge is 0.493 e. The monoisotopic (exact) mass is 395 g/mol. The van der Waals surface area contributed by atoms with Crippen molar-refractivity contribution >= 4 is 28.1 Å². The first kappa shape index (κ1) is 18.7. The van der Waals surface area contributed by atoms with E-state index in [-0.39, 0.29) is 10.6 Å². The molecule has 1 aliphatic rings. The Balaban J connectivity index is 1.61. The minimum Gasteiger partial charge on any atom is -0.493 e. The standard InChI is InChI=1S/C20H21N5O4/c1-28-18-11-14-15(12-19(18)29-2)21-13-22-20(14)24-9-7-23(8-10-24)16-5-3-4-6-17(16)25(26)27/h3-6,11-13H,7-10H2,1-2H3. The number of aromatic nitrogens is 2. The van der Waals surface area contributed by atoms with Crippen molar-refractivity contribution in [1.82, 2.24) is 9.97 Å². The van der Waals surface area contributed by atoms with Gasteiger partial charge < -0.3 is 19.3 Å². The van der Waals surface area contributed by atoms with Gasteiger partial charge in [-0.2, -0.15) is 0 Å². The second kappa shape index (κ2) is 7.78. The number of rotatable bonds is 5. The third kappa shape index (κ3) is 3.46. The van der Waals surface area contributed by atoms with Gasteiger partial charge in [-0.1, -0.05) is 12.1 Å². The highest BCUT2D eigenvalue weighted by Crippen LogP contribution is 2.35. The van der Waals surface area contributed by atoms with Crippen molar-refractivity contribution in [2.75, 3.05) is 50.2 Å². The van der Waals surface area contributed by atoms with Gasteiger partial charge in [0.2, 0.25) is 0 Å². The number of hydrogen-bond acceptors (Lipinski definition) is 8. The summed E-state index contributed by atoms with van der Waals surface area (Å²) in [5, 5.41) is 12.2. The molecule has 29 heavy (non-hydrogen) atoms. The van der Waals surface area contributed by atoms with Crippen LogP contribution in [-0.2, 0) is 0 Å². The molecule has 0 aliphatic carbocycles. The summed E-state index contributed by atoms with van der Waals surface area (Å²) in [4.78, 5) is 24.1. The van der Waals surface area contributed by atoms with Crippen molar-refractivity contribution in [2.24, 2.45) is 0 Å². The molecule has 0 bridgehead atoms. The van der Waals surface area contributed by atoms with E-state index in [1.54, 1.807) is 32.4 Å². The highest BCUT2D eigenvalue weighted by molar-refractivity contribution is 5.92. The van der Waals surface area contributed by atoms with E-state index in [1.807, 2.05) is 23.1 Å². The van der Waals surface area contributed by atoms with Crippen LogP contribution in [0.5, 0.6) is 11.5 Å². The minimum absolute atomic E-state index is 0.130. The molecule has 0 spiro atoms. The van der Waals surface area contributed by atoms with E-state index in [2.05, 4.69) is 14.9 Å². The highest BCUT2D eigenvalue weighted by Gasteiger charge is 2.25. The molecule has 1 aliphatic heterocycles. The van der Waals surface area contributed by atoms with Crippen molar-refractivity contribution in [3.05, 3.63) is 52.8 Å². The van der Waals surface area contributed by atoms with E-state index in [4.69, 9.17) is 9.47 Å². The van der Waals surface area contributed by atoms with Gasteiger partial charge in [-0.25, -0.2) is 9.97 Å². The third-order valence-corrected chi connectivity index (χ3v) is 5.12. The number of nitro benzene ring substituents is 1. The van der Waals surface area contributed by atoms with Gasteiger partial charge >= 0.3 is 0 Å². The molecule has 1 aromatic heterocycles. The molecule has 0 amide bonds. The van der Waals surface area contributed by atoms with Gasteiger partial charge in [0.05, 0.1) is 24.7 Å². The topological polar surface area (TPSA) is 93.9 Å². The maximum Gasteiger partial charge on any atom is 0.292 e. The zero-order valence-electron chi connectivity index (χ0n) is 16.2. The first-order chi connectivity index (χ1) is 14.1. The number of nitro groups is 1. The van der Waals surface area contributed by atoms with Crippen LogP contribution in [0, 0.1) is 10.1 Å². The second-order valence-electron chi connectivity index (χ2n) is 6.64. The van der Waals surface area contributed by atoms with Crippen LogP contribution in [0.3, 0.4) is 0 Å². The Morgan fingerprint density at radius 3 is 2.31 bits per heavy atom. The smallest absolute Gasteiger partial charge is 0.292 e. The summed E-state index contributed by atoms with van der Waals surface area (Å²) in [7, 11) is 3.19. The van der Waals surface area contributed by atoms with Gasteiger partial charge in [0.1, 0.15) is 17.8 Å². The van der Waals surface area contributed by atoms with Crippen LogP contribution in [0.4, 0.5) is 17.2 Å². The molecular formula is C20H21N5O4. The summed E-state index contributed by atoms with van der Waals surface area (Å²) >= 11 is 0. The van der Waals surface area contributed by atoms with Crippen molar-refractivity contribution < 1.29 is 14.4 Å². The van der Waals surface area contributed by atoms with E-state index in [1.165, 1.54) is 6.33 Å². The molecule has 0 saturated carbocycles. The number of nitrogens with zero attached hydrogens (tertiary/aromatic N) is 5. The number of para-hydroxylation sites is 2. The first-order valence-corrected chi connectivity index (χ1v) is 9.22. The normalized spacial score (nSPS) is 14.1. The third-order valence-electron chi connectivity index (χ3n) is 5.12. The Hall–Kier alpha value is -3.62. The number of fused-ring (bicyclic) bond motifs is 1. The summed E-state index contributed by atoms with van der Waals surface area (Å²) in [6.07, 6.45) is 1.54. The van der Waals surface area contributed by atoms with E-state index in [0.717, 1.165) is 16.7 Å². The summed E-state index contributed by atoms with van der Waals surface area (Å²) in [5.74, 6) is 2.05. The lowest BCUT2D eigenvalue weighted by Gasteiger charge is -2.36.